The molecule has 2 saturated heterocycles. The summed E-state index contributed by atoms with van der Waals surface area (Å²) < 4.78 is 25.2. The summed E-state index contributed by atoms with van der Waals surface area (Å²) in [5.41, 5.74) is 0. The number of nitrogens with zero attached hydrogens (tertiary/aromatic N) is 1. The summed E-state index contributed by atoms with van der Waals surface area (Å²) in [6.07, 6.45) is 3.21. The van der Waals surface area contributed by atoms with Gasteiger partial charge < -0.3 is 0 Å². The maximum absolute atomic E-state index is 11.3. The van der Waals surface area contributed by atoms with E-state index in [1.54, 1.807) is 0 Å². The Bertz CT molecular complexity index is 306. The number of sulfonamides is 1. The maximum atomic E-state index is 11.3. The van der Waals surface area contributed by atoms with Crippen molar-refractivity contribution in [3.63, 3.8) is 0 Å². The van der Waals surface area contributed by atoms with Crippen LogP contribution in [0.25, 0.3) is 0 Å². The number of hydrogen-bond acceptors (Lipinski definition) is 3. The Balaban J connectivity index is 1.99. The number of rotatable bonds is 3. The summed E-state index contributed by atoms with van der Waals surface area (Å²) in [5.74, 6) is 0. The van der Waals surface area contributed by atoms with Crippen LogP contribution in [0.2, 0.25) is 0 Å². The fraction of sp³-hybridized carbons (Fsp3) is 1.00. The Kier molecular flexibility index (Phi) is 3.02. The number of alkyl halides is 1. The summed E-state index contributed by atoms with van der Waals surface area (Å²) in [5, 5.41) is -0.337. The molecule has 2 fully saturated rings. The Labute approximate surface area is 89.7 Å². The lowest BCUT2D eigenvalue weighted by Crippen LogP contribution is -2.42. The zero-order chi connectivity index (χ0) is 10.2. The summed E-state index contributed by atoms with van der Waals surface area (Å²) in [4.78, 5) is 2.36. The first-order valence-electron chi connectivity index (χ1n) is 4.92. The van der Waals surface area contributed by atoms with Crippen molar-refractivity contribution in [2.75, 3.05) is 18.3 Å². The third kappa shape index (κ3) is 2.05. The smallest absolute Gasteiger partial charge is 0.225 e. The first kappa shape index (κ1) is 10.7. The highest BCUT2D eigenvalue weighted by molar-refractivity contribution is 7.90. The maximum Gasteiger partial charge on any atom is 0.225 e. The van der Waals surface area contributed by atoms with Crippen LogP contribution in [0.15, 0.2) is 0 Å². The highest BCUT2D eigenvalue weighted by atomic mass is 35.5. The Morgan fingerprint density at radius 2 is 2.14 bits per heavy atom. The number of fused-ring (bicyclic) bond motifs is 1. The molecule has 6 heteroatoms. The van der Waals surface area contributed by atoms with Gasteiger partial charge in [0.25, 0.3) is 0 Å². The monoisotopic (exact) mass is 238 g/mol. The Hall–Kier alpha value is 0.160. The van der Waals surface area contributed by atoms with Crippen LogP contribution in [0.1, 0.15) is 19.3 Å². The predicted octanol–water partition coefficient (Wildman–Crippen LogP) is 0.339. The Morgan fingerprint density at radius 3 is 2.86 bits per heavy atom. The van der Waals surface area contributed by atoms with Crippen LogP contribution in [0.4, 0.5) is 0 Å². The van der Waals surface area contributed by atoms with E-state index < -0.39 is 10.0 Å². The second kappa shape index (κ2) is 3.96. The molecule has 0 radical (unpaired) electrons. The van der Waals surface area contributed by atoms with Gasteiger partial charge >= 0.3 is 0 Å². The third-order valence-electron chi connectivity index (χ3n) is 3.08. The molecule has 0 aliphatic carbocycles. The zero-order valence-corrected chi connectivity index (χ0v) is 9.52. The van der Waals surface area contributed by atoms with E-state index in [0.717, 1.165) is 25.9 Å². The van der Waals surface area contributed by atoms with Gasteiger partial charge in [0.15, 0.2) is 0 Å². The van der Waals surface area contributed by atoms with E-state index in [1.165, 1.54) is 6.42 Å². The van der Waals surface area contributed by atoms with Crippen molar-refractivity contribution < 1.29 is 8.42 Å². The molecule has 0 aromatic carbocycles. The van der Waals surface area contributed by atoms with Gasteiger partial charge in [0.2, 0.25) is 10.0 Å². The van der Waals surface area contributed by atoms with Gasteiger partial charge in [-0.2, -0.15) is 0 Å². The zero-order valence-electron chi connectivity index (χ0n) is 7.95. The molecule has 0 aromatic rings. The second-order valence-corrected chi connectivity index (χ2v) is 6.32. The summed E-state index contributed by atoms with van der Waals surface area (Å²) in [6.45, 7) is 2.13. The molecule has 14 heavy (non-hydrogen) atoms. The van der Waals surface area contributed by atoms with E-state index in [-0.39, 0.29) is 11.3 Å². The minimum Gasteiger partial charge on any atom is -0.299 e. The minimum absolute atomic E-state index is 0.0845. The van der Waals surface area contributed by atoms with Crippen molar-refractivity contribution in [1.82, 2.24) is 9.62 Å². The van der Waals surface area contributed by atoms with E-state index in [1.807, 2.05) is 0 Å². The number of nitrogens with one attached hydrogen (secondary N) is 1. The molecule has 0 aromatic heterocycles. The fourth-order valence-corrected chi connectivity index (χ4v) is 3.47. The molecule has 2 atom stereocenters. The van der Waals surface area contributed by atoms with E-state index in [4.69, 9.17) is 11.6 Å². The third-order valence-corrected chi connectivity index (χ3v) is 4.89. The highest BCUT2D eigenvalue weighted by Crippen LogP contribution is 2.28. The van der Waals surface area contributed by atoms with E-state index in [2.05, 4.69) is 9.62 Å². The standard InChI is InChI=1S/C8H15ClN2O2S/c9-6-14(12,13)10-7-3-5-11-4-1-2-8(7)11/h7-8,10H,1-6H2. The van der Waals surface area contributed by atoms with Crippen LogP contribution in [0, 0.1) is 0 Å². The van der Waals surface area contributed by atoms with Gasteiger partial charge in [-0.05, 0) is 25.8 Å². The molecule has 4 nitrogen and oxygen atoms in total. The van der Waals surface area contributed by atoms with Crippen LogP contribution < -0.4 is 4.72 Å². The predicted molar refractivity (Wildman–Crippen MR) is 55.8 cm³/mol. The largest absolute Gasteiger partial charge is 0.299 e. The molecule has 2 aliphatic heterocycles. The van der Waals surface area contributed by atoms with Crippen molar-refractivity contribution in [2.24, 2.45) is 0 Å². The van der Waals surface area contributed by atoms with Crippen LogP contribution in [-0.2, 0) is 10.0 Å². The van der Waals surface area contributed by atoms with Crippen molar-refractivity contribution in [2.45, 2.75) is 31.3 Å². The van der Waals surface area contributed by atoms with Crippen LogP contribution in [-0.4, -0.2) is 43.7 Å². The van der Waals surface area contributed by atoms with Gasteiger partial charge in [-0.3, -0.25) is 4.90 Å². The molecule has 0 bridgehead atoms. The van der Waals surface area contributed by atoms with Crippen molar-refractivity contribution in [1.29, 1.82) is 0 Å². The average molecular weight is 239 g/mol. The van der Waals surface area contributed by atoms with Gasteiger partial charge in [-0.25, -0.2) is 13.1 Å². The van der Waals surface area contributed by atoms with Crippen molar-refractivity contribution >= 4 is 21.6 Å². The molecule has 82 valence electrons. The quantitative estimate of drug-likeness (QED) is 0.722. The lowest BCUT2D eigenvalue weighted by Gasteiger charge is -2.20. The minimum atomic E-state index is -3.25. The van der Waals surface area contributed by atoms with E-state index >= 15 is 0 Å². The fourth-order valence-electron chi connectivity index (χ4n) is 2.48. The van der Waals surface area contributed by atoms with Crippen molar-refractivity contribution in [3.05, 3.63) is 0 Å². The molecule has 0 amide bonds. The van der Waals surface area contributed by atoms with E-state index in [0.29, 0.717) is 6.04 Å². The lowest BCUT2D eigenvalue weighted by atomic mass is 10.1. The van der Waals surface area contributed by atoms with Gasteiger partial charge in [0.1, 0.15) is 5.21 Å². The first-order chi connectivity index (χ1) is 6.62. The van der Waals surface area contributed by atoms with Crippen LogP contribution in [0.3, 0.4) is 0 Å². The Morgan fingerprint density at radius 1 is 1.36 bits per heavy atom. The van der Waals surface area contributed by atoms with E-state index in [9.17, 15) is 8.42 Å². The SMILES string of the molecule is O=S(=O)(CCl)NC1CCN2CCCC12. The number of halogens is 1. The number of hydrogen-bond donors (Lipinski definition) is 1. The summed E-state index contributed by atoms with van der Waals surface area (Å²) >= 11 is 5.35. The van der Waals surface area contributed by atoms with Gasteiger partial charge in [-0.1, -0.05) is 0 Å². The van der Waals surface area contributed by atoms with Gasteiger partial charge in [0, 0.05) is 18.6 Å². The van der Waals surface area contributed by atoms with Crippen LogP contribution in [0.5, 0.6) is 0 Å². The highest BCUT2D eigenvalue weighted by Gasteiger charge is 2.38. The second-order valence-electron chi connectivity index (χ2n) is 3.98. The summed E-state index contributed by atoms with van der Waals surface area (Å²) in [7, 11) is -3.25. The molecule has 2 heterocycles. The molecular weight excluding hydrogens is 224 g/mol. The molecule has 2 unspecified atom stereocenters. The van der Waals surface area contributed by atoms with Crippen LogP contribution >= 0.6 is 11.6 Å². The topological polar surface area (TPSA) is 49.4 Å². The first-order valence-corrected chi connectivity index (χ1v) is 7.11. The molecular formula is C8H15ClN2O2S. The average Bonchev–Trinajstić information content (AvgIpc) is 2.70. The molecule has 2 aliphatic rings. The van der Waals surface area contributed by atoms with Crippen molar-refractivity contribution in [3.8, 4) is 0 Å². The molecule has 2 rings (SSSR count). The molecule has 1 N–H and O–H groups in total. The molecule has 0 spiro atoms. The normalized spacial score (nSPS) is 33.5. The molecule has 0 saturated carbocycles. The van der Waals surface area contributed by atoms with Gasteiger partial charge in [-0.15, -0.1) is 11.6 Å². The van der Waals surface area contributed by atoms with Gasteiger partial charge in [0.05, 0.1) is 0 Å². The lowest BCUT2D eigenvalue weighted by molar-refractivity contribution is 0.309. The summed E-state index contributed by atoms with van der Waals surface area (Å²) in [6, 6.07) is 0.495.